The van der Waals surface area contributed by atoms with E-state index in [9.17, 15) is 9.59 Å². The maximum atomic E-state index is 11.5. The molecule has 0 rings (SSSR count). The zero-order chi connectivity index (χ0) is 11.0. The molecule has 0 saturated heterocycles. The van der Waals surface area contributed by atoms with Crippen LogP contribution in [-0.2, 0) is 14.3 Å². The molecule has 0 bridgehead atoms. The van der Waals surface area contributed by atoms with E-state index < -0.39 is 0 Å². The van der Waals surface area contributed by atoms with Crippen LogP contribution in [0.1, 0.15) is 40.0 Å². The molecule has 3 heteroatoms. The van der Waals surface area contributed by atoms with E-state index in [4.69, 9.17) is 0 Å². The van der Waals surface area contributed by atoms with Crippen molar-refractivity contribution in [3.8, 4) is 0 Å². The Morgan fingerprint density at radius 3 is 2.50 bits per heavy atom. The molecule has 82 valence electrons. The summed E-state index contributed by atoms with van der Waals surface area (Å²) >= 11 is 0. The zero-order valence-electron chi connectivity index (χ0n) is 9.29. The summed E-state index contributed by atoms with van der Waals surface area (Å²) in [6, 6.07) is 0. The van der Waals surface area contributed by atoms with Crippen LogP contribution in [-0.4, -0.2) is 18.9 Å². The maximum absolute atomic E-state index is 11.5. The van der Waals surface area contributed by atoms with Crippen molar-refractivity contribution in [1.29, 1.82) is 0 Å². The van der Waals surface area contributed by atoms with Crippen LogP contribution in [0.2, 0.25) is 0 Å². The van der Waals surface area contributed by atoms with Crippen molar-refractivity contribution in [3.05, 3.63) is 0 Å². The van der Waals surface area contributed by atoms with Gasteiger partial charge in [-0.25, -0.2) is 0 Å². The molecular weight excluding hydrogens is 180 g/mol. The SMILES string of the molecule is CC(C)CC(C)C(=O)CCCOC=O. The Labute approximate surface area is 85.8 Å². The van der Waals surface area contributed by atoms with E-state index in [1.807, 2.05) is 6.92 Å². The van der Waals surface area contributed by atoms with Crippen LogP contribution >= 0.6 is 0 Å². The van der Waals surface area contributed by atoms with E-state index >= 15 is 0 Å². The van der Waals surface area contributed by atoms with Gasteiger partial charge in [0.15, 0.2) is 0 Å². The zero-order valence-corrected chi connectivity index (χ0v) is 9.29. The van der Waals surface area contributed by atoms with Gasteiger partial charge < -0.3 is 4.74 Å². The predicted octanol–water partition coefficient (Wildman–Crippen LogP) is 2.19. The van der Waals surface area contributed by atoms with Gasteiger partial charge in [0.1, 0.15) is 5.78 Å². The Morgan fingerprint density at radius 2 is 2.00 bits per heavy atom. The average molecular weight is 200 g/mol. The summed E-state index contributed by atoms with van der Waals surface area (Å²) in [5.74, 6) is 0.958. The third-order valence-electron chi connectivity index (χ3n) is 2.13. The topological polar surface area (TPSA) is 43.4 Å². The van der Waals surface area contributed by atoms with E-state index in [0.29, 0.717) is 31.8 Å². The lowest BCUT2D eigenvalue weighted by Gasteiger charge is -2.12. The highest BCUT2D eigenvalue weighted by Gasteiger charge is 2.13. The Bertz CT molecular complexity index is 175. The number of rotatable bonds is 8. The molecule has 0 aliphatic rings. The van der Waals surface area contributed by atoms with Crippen LogP contribution in [0.3, 0.4) is 0 Å². The highest BCUT2D eigenvalue weighted by atomic mass is 16.5. The Balaban J connectivity index is 3.56. The maximum Gasteiger partial charge on any atom is 0.293 e. The van der Waals surface area contributed by atoms with Crippen LogP contribution in [0.4, 0.5) is 0 Å². The van der Waals surface area contributed by atoms with Gasteiger partial charge >= 0.3 is 0 Å². The molecule has 0 aliphatic carbocycles. The number of ketones is 1. The fraction of sp³-hybridized carbons (Fsp3) is 0.818. The summed E-state index contributed by atoms with van der Waals surface area (Å²) in [6.07, 6.45) is 2.09. The molecular formula is C11H20O3. The molecule has 0 N–H and O–H groups in total. The summed E-state index contributed by atoms with van der Waals surface area (Å²) in [4.78, 5) is 21.3. The van der Waals surface area contributed by atoms with Crippen molar-refractivity contribution in [2.75, 3.05) is 6.61 Å². The van der Waals surface area contributed by atoms with Crippen LogP contribution < -0.4 is 0 Å². The molecule has 3 nitrogen and oxygen atoms in total. The lowest BCUT2D eigenvalue weighted by molar-refractivity contribution is -0.130. The Hall–Kier alpha value is -0.860. The third kappa shape index (κ3) is 6.63. The molecule has 0 aromatic heterocycles. The van der Waals surface area contributed by atoms with Crippen molar-refractivity contribution < 1.29 is 14.3 Å². The smallest absolute Gasteiger partial charge is 0.293 e. The summed E-state index contributed by atoms with van der Waals surface area (Å²) < 4.78 is 4.51. The first-order valence-electron chi connectivity index (χ1n) is 5.15. The minimum atomic E-state index is 0.131. The second kappa shape index (κ2) is 7.54. The number of ether oxygens (including phenoxy) is 1. The van der Waals surface area contributed by atoms with E-state index in [2.05, 4.69) is 18.6 Å². The van der Waals surface area contributed by atoms with Crippen molar-refractivity contribution in [1.82, 2.24) is 0 Å². The number of carbonyl (C=O) groups is 2. The van der Waals surface area contributed by atoms with Crippen molar-refractivity contribution in [2.45, 2.75) is 40.0 Å². The summed E-state index contributed by atoms with van der Waals surface area (Å²) in [5, 5.41) is 0. The van der Waals surface area contributed by atoms with Gasteiger partial charge in [0.2, 0.25) is 0 Å². The number of hydrogen-bond acceptors (Lipinski definition) is 3. The number of Topliss-reactive ketones (excluding diaryl/α,β-unsaturated/α-hetero) is 1. The Kier molecular flexibility index (Phi) is 7.07. The van der Waals surface area contributed by atoms with Gasteiger partial charge in [-0.3, -0.25) is 9.59 Å². The fourth-order valence-corrected chi connectivity index (χ4v) is 1.46. The first-order chi connectivity index (χ1) is 6.57. The quantitative estimate of drug-likeness (QED) is 0.445. The Morgan fingerprint density at radius 1 is 1.36 bits per heavy atom. The second-order valence-corrected chi connectivity index (χ2v) is 4.07. The van der Waals surface area contributed by atoms with Crippen LogP contribution in [0, 0.1) is 11.8 Å². The molecule has 0 aromatic carbocycles. The van der Waals surface area contributed by atoms with E-state index in [1.165, 1.54) is 0 Å². The summed E-state index contributed by atoms with van der Waals surface area (Å²) in [6.45, 7) is 6.95. The molecule has 0 aromatic rings. The highest BCUT2D eigenvalue weighted by Crippen LogP contribution is 2.14. The first-order valence-corrected chi connectivity index (χ1v) is 5.15. The van der Waals surface area contributed by atoms with Gasteiger partial charge in [-0.1, -0.05) is 20.8 Å². The van der Waals surface area contributed by atoms with Gasteiger partial charge in [0.05, 0.1) is 6.61 Å². The molecule has 0 fully saturated rings. The molecule has 14 heavy (non-hydrogen) atoms. The van der Waals surface area contributed by atoms with Gasteiger partial charge in [-0.15, -0.1) is 0 Å². The minimum Gasteiger partial charge on any atom is -0.468 e. The standard InChI is InChI=1S/C11H20O3/c1-9(2)7-10(3)11(13)5-4-6-14-8-12/h8-10H,4-7H2,1-3H3. The van der Waals surface area contributed by atoms with E-state index in [-0.39, 0.29) is 11.7 Å². The molecule has 1 unspecified atom stereocenters. The lowest BCUT2D eigenvalue weighted by Crippen LogP contribution is -2.13. The molecule has 1 atom stereocenters. The van der Waals surface area contributed by atoms with Crippen molar-refractivity contribution >= 4 is 12.3 Å². The summed E-state index contributed by atoms with van der Waals surface area (Å²) in [5.41, 5.74) is 0. The lowest BCUT2D eigenvalue weighted by atomic mass is 9.93. The van der Waals surface area contributed by atoms with Crippen molar-refractivity contribution in [2.24, 2.45) is 11.8 Å². The molecule has 0 amide bonds. The minimum absolute atomic E-state index is 0.131. The second-order valence-electron chi connectivity index (χ2n) is 4.07. The molecule has 0 saturated carbocycles. The predicted molar refractivity (Wildman–Crippen MR) is 54.9 cm³/mol. The highest BCUT2D eigenvalue weighted by molar-refractivity contribution is 5.80. The number of hydrogen-bond donors (Lipinski definition) is 0. The normalized spacial score (nSPS) is 12.6. The van der Waals surface area contributed by atoms with Crippen LogP contribution in [0.15, 0.2) is 0 Å². The number of carbonyl (C=O) groups excluding carboxylic acids is 2. The van der Waals surface area contributed by atoms with Crippen LogP contribution in [0.5, 0.6) is 0 Å². The van der Waals surface area contributed by atoms with Gasteiger partial charge in [-0.2, -0.15) is 0 Å². The molecule has 0 spiro atoms. The first kappa shape index (κ1) is 13.1. The van der Waals surface area contributed by atoms with Crippen molar-refractivity contribution in [3.63, 3.8) is 0 Å². The third-order valence-corrected chi connectivity index (χ3v) is 2.13. The average Bonchev–Trinajstić information content (AvgIpc) is 2.11. The van der Waals surface area contributed by atoms with Gasteiger partial charge in [0, 0.05) is 12.3 Å². The summed E-state index contributed by atoms with van der Waals surface area (Å²) in [7, 11) is 0. The van der Waals surface area contributed by atoms with Gasteiger partial charge in [-0.05, 0) is 18.8 Å². The largest absolute Gasteiger partial charge is 0.468 e. The molecule has 0 aliphatic heterocycles. The van der Waals surface area contributed by atoms with Crippen LogP contribution in [0.25, 0.3) is 0 Å². The molecule has 0 radical (unpaired) electrons. The monoisotopic (exact) mass is 200 g/mol. The van der Waals surface area contributed by atoms with E-state index in [0.717, 1.165) is 6.42 Å². The fourth-order valence-electron chi connectivity index (χ4n) is 1.46. The van der Waals surface area contributed by atoms with E-state index in [1.54, 1.807) is 0 Å². The van der Waals surface area contributed by atoms with Gasteiger partial charge in [0.25, 0.3) is 6.47 Å². The molecule has 0 heterocycles.